The quantitative estimate of drug-likeness (QED) is 0.702. The smallest absolute Gasteiger partial charge is 0.0107 e. The van der Waals surface area contributed by atoms with Gasteiger partial charge in [-0.2, -0.15) is 0 Å². The zero-order valence-corrected chi connectivity index (χ0v) is 14.5. The molecule has 120 valence electrons. The Labute approximate surface area is 127 Å². The van der Waals surface area contributed by atoms with Gasteiger partial charge in [0.05, 0.1) is 0 Å². The lowest BCUT2D eigenvalue weighted by molar-refractivity contribution is 0.162. The first-order chi connectivity index (χ1) is 9.47. The summed E-state index contributed by atoms with van der Waals surface area (Å²) in [6.45, 7) is 13.2. The van der Waals surface area contributed by atoms with Gasteiger partial charge < -0.3 is 15.1 Å². The molecule has 1 rings (SSSR count). The Morgan fingerprint density at radius 3 is 2.30 bits per heavy atom. The number of piperidine rings is 1. The lowest BCUT2D eigenvalue weighted by Gasteiger charge is -2.33. The van der Waals surface area contributed by atoms with Gasteiger partial charge in [-0.15, -0.1) is 0 Å². The fraction of sp³-hybridized carbons (Fsp3) is 1.00. The van der Waals surface area contributed by atoms with Crippen molar-refractivity contribution in [2.75, 3.05) is 46.8 Å². The molecule has 1 aliphatic heterocycles. The number of likely N-dealkylation sites (tertiary alicyclic amines) is 1. The van der Waals surface area contributed by atoms with Gasteiger partial charge in [-0.1, -0.05) is 13.8 Å². The van der Waals surface area contributed by atoms with Gasteiger partial charge in [-0.05, 0) is 71.6 Å². The van der Waals surface area contributed by atoms with Crippen LogP contribution in [-0.4, -0.2) is 62.7 Å². The van der Waals surface area contributed by atoms with Crippen LogP contribution in [0.3, 0.4) is 0 Å². The van der Waals surface area contributed by atoms with Crippen LogP contribution in [0.25, 0.3) is 0 Å². The fourth-order valence-corrected chi connectivity index (χ4v) is 3.06. The zero-order valence-electron chi connectivity index (χ0n) is 14.5. The number of hydrogen-bond acceptors (Lipinski definition) is 3. The second-order valence-corrected chi connectivity index (χ2v) is 7.37. The minimum Gasteiger partial charge on any atom is -0.313 e. The molecule has 1 fully saturated rings. The van der Waals surface area contributed by atoms with Crippen molar-refractivity contribution in [1.82, 2.24) is 15.1 Å². The van der Waals surface area contributed by atoms with E-state index in [0.29, 0.717) is 6.04 Å². The van der Waals surface area contributed by atoms with E-state index in [1.807, 2.05) is 0 Å². The van der Waals surface area contributed by atoms with Crippen LogP contribution in [0.5, 0.6) is 0 Å². The highest BCUT2D eigenvalue weighted by molar-refractivity contribution is 4.74. The van der Waals surface area contributed by atoms with E-state index < -0.39 is 0 Å². The Morgan fingerprint density at radius 2 is 1.75 bits per heavy atom. The van der Waals surface area contributed by atoms with Crippen LogP contribution < -0.4 is 5.32 Å². The maximum atomic E-state index is 3.68. The molecule has 0 aromatic heterocycles. The summed E-state index contributed by atoms with van der Waals surface area (Å²) in [5.74, 6) is 1.74. The Hall–Kier alpha value is -0.120. The molecule has 1 atom stereocenters. The van der Waals surface area contributed by atoms with Crippen molar-refractivity contribution >= 4 is 0 Å². The first kappa shape index (κ1) is 17.9. The average molecular weight is 284 g/mol. The van der Waals surface area contributed by atoms with E-state index in [1.54, 1.807) is 0 Å². The number of nitrogens with one attached hydrogen (secondary N) is 1. The van der Waals surface area contributed by atoms with Crippen molar-refractivity contribution in [3.8, 4) is 0 Å². The van der Waals surface area contributed by atoms with Gasteiger partial charge in [0.2, 0.25) is 0 Å². The van der Waals surface area contributed by atoms with E-state index in [2.05, 4.69) is 50.0 Å². The number of nitrogens with zero attached hydrogens (tertiary/aromatic N) is 2. The molecule has 0 saturated carbocycles. The third kappa shape index (κ3) is 8.23. The first-order valence-corrected chi connectivity index (χ1v) is 8.57. The van der Waals surface area contributed by atoms with Crippen molar-refractivity contribution in [1.29, 1.82) is 0 Å². The molecule has 0 radical (unpaired) electrons. The van der Waals surface area contributed by atoms with E-state index in [4.69, 9.17) is 0 Å². The van der Waals surface area contributed by atoms with Crippen LogP contribution in [0, 0.1) is 11.8 Å². The van der Waals surface area contributed by atoms with Crippen molar-refractivity contribution in [3.05, 3.63) is 0 Å². The van der Waals surface area contributed by atoms with Crippen molar-refractivity contribution < 1.29 is 0 Å². The minimum absolute atomic E-state index is 0.670. The lowest BCUT2D eigenvalue weighted by Crippen LogP contribution is -2.41. The van der Waals surface area contributed by atoms with Crippen LogP contribution >= 0.6 is 0 Å². The molecule has 1 heterocycles. The van der Waals surface area contributed by atoms with Gasteiger partial charge in [0.15, 0.2) is 0 Å². The molecule has 20 heavy (non-hydrogen) atoms. The van der Waals surface area contributed by atoms with Gasteiger partial charge >= 0.3 is 0 Å². The zero-order chi connectivity index (χ0) is 15.0. The van der Waals surface area contributed by atoms with Gasteiger partial charge in [-0.3, -0.25) is 0 Å². The van der Waals surface area contributed by atoms with Crippen LogP contribution in [0.4, 0.5) is 0 Å². The molecule has 3 nitrogen and oxygen atoms in total. The molecule has 1 saturated heterocycles. The van der Waals surface area contributed by atoms with E-state index in [0.717, 1.165) is 18.4 Å². The molecule has 1 aliphatic rings. The highest BCUT2D eigenvalue weighted by Crippen LogP contribution is 2.17. The first-order valence-electron chi connectivity index (χ1n) is 8.57. The summed E-state index contributed by atoms with van der Waals surface area (Å²) in [7, 11) is 4.38. The second-order valence-electron chi connectivity index (χ2n) is 7.37. The average Bonchev–Trinajstić information content (AvgIpc) is 2.38. The van der Waals surface area contributed by atoms with Crippen LogP contribution in [-0.2, 0) is 0 Å². The summed E-state index contributed by atoms with van der Waals surface area (Å²) < 4.78 is 0. The lowest BCUT2D eigenvalue weighted by atomic mass is 9.96. The highest BCUT2D eigenvalue weighted by Gasteiger charge is 2.19. The van der Waals surface area contributed by atoms with Gasteiger partial charge in [-0.25, -0.2) is 0 Å². The van der Waals surface area contributed by atoms with Crippen LogP contribution in [0.15, 0.2) is 0 Å². The van der Waals surface area contributed by atoms with Gasteiger partial charge in [0.1, 0.15) is 0 Å². The molecule has 3 heteroatoms. The van der Waals surface area contributed by atoms with E-state index in [9.17, 15) is 0 Å². The summed E-state index contributed by atoms with van der Waals surface area (Å²) in [5, 5.41) is 3.68. The van der Waals surface area contributed by atoms with Gasteiger partial charge in [0, 0.05) is 25.7 Å². The predicted octanol–water partition coefficient (Wildman–Crippen LogP) is 2.67. The summed E-state index contributed by atoms with van der Waals surface area (Å²) >= 11 is 0. The van der Waals surface area contributed by atoms with Gasteiger partial charge in [0.25, 0.3) is 0 Å². The number of rotatable bonds is 9. The van der Waals surface area contributed by atoms with Crippen LogP contribution in [0.1, 0.15) is 46.5 Å². The summed E-state index contributed by atoms with van der Waals surface area (Å²) in [4.78, 5) is 4.96. The maximum Gasteiger partial charge on any atom is 0.0107 e. The topological polar surface area (TPSA) is 18.5 Å². The molecular formula is C17H37N3. The molecule has 0 aromatic carbocycles. The molecule has 1 N–H and O–H groups in total. The minimum atomic E-state index is 0.670. The van der Waals surface area contributed by atoms with E-state index in [1.165, 1.54) is 51.9 Å². The fourth-order valence-electron chi connectivity index (χ4n) is 3.06. The van der Waals surface area contributed by atoms with Crippen LogP contribution in [0.2, 0.25) is 0 Å². The Balaban J connectivity index is 2.03. The largest absolute Gasteiger partial charge is 0.313 e. The van der Waals surface area contributed by atoms with E-state index in [-0.39, 0.29) is 0 Å². The molecule has 0 bridgehead atoms. The normalized spacial score (nSPS) is 19.9. The molecule has 0 aromatic rings. The molecule has 1 unspecified atom stereocenters. The highest BCUT2D eigenvalue weighted by atomic mass is 15.1. The SMILES string of the molecule is CC(C)CCC(C)NCCN1CCC(CN(C)C)CC1. The summed E-state index contributed by atoms with van der Waals surface area (Å²) in [6, 6.07) is 0.670. The molecular weight excluding hydrogens is 246 g/mol. The van der Waals surface area contributed by atoms with E-state index >= 15 is 0 Å². The van der Waals surface area contributed by atoms with Crippen molar-refractivity contribution in [2.24, 2.45) is 11.8 Å². The third-order valence-electron chi connectivity index (χ3n) is 4.43. The monoisotopic (exact) mass is 283 g/mol. The molecule has 0 aliphatic carbocycles. The van der Waals surface area contributed by atoms with Crippen molar-refractivity contribution in [3.63, 3.8) is 0 Å². The van der Waals surface area contributed by atoms with Crippen molar-refractivity contribution in [2.45, 2.75) is 52.5 Å². The third-order valence-corrected chi connectivity index (χ3v) is 4.43. The summed E-state index contributed by atoms with van der Waals surface area (Å²) in [6.07, 6.45) is 5.40. The predicted molar refractivity (Wildman–Crippen MR) is 89.3 cm³/mol. The second kappa shape index (κ2) is 9.75. The Morgan fingerprint density at radius 1 is 1.10 bits per heavy atom. The number of hydrogen-bond donors (Lipinski definition) is 1. The molecule has 0 amide bonds. The Bertz CT molecular complexity index is 232. The maximum absolute atomic E-state index is 3.68. The Kier molecular flexibility index (Phi) is 8.74. The molecule has 0 spiro atoms. The standard InChI is InChI=1S/C17H37N3/c1-15(2)6-7-16(3)18-10-13-20-11-8-17(9-12-20)14-19(4)5/h15-18H,6-14H2,1-5H3. The summed E-state index contributed by atoms with van der Waals surface area (Å²) in [5.41, 5.74) is 0.